The van der Waals surface area contributed by atoms with Crippen LogP contribution in [0.4, 0.5) is 0 Å². The van der Waals surface area contributed by atoms with Crippen LogP contribution in [0.1, 0.15) is 11.3 Å². The fraction of sp³-hybridized carbons (Fsp3) is 0.444. The molecule has 0 aliphatic carbocycles. The summed E-state index contributed by atoms with van der Waals surface area (Å²) in [6.07, 6.45) is 0. The first-order valence-corrected chi connectivity index (χ1v) is 5.05. The first kappa shape index (κ1) is 10.3. The summed E-state index contributed by atoms with van der Waals surface area (Å²) in [4.78, 5) is 0. The molecule has 1 rings (SSSR count). The summed E-state index contributed by atoms with van der Waals surface area (Å²) in [6.45, 7) is 5.90. The van der Waals surface area contributed by atoms with Crippen molar-refractivity contribution in [3.8, 4) is 5.88 Å². The van der Waals surface area contributed by atoms with Crippen LogP contribution in [0.2, 0.25) is 0 Å². The molecule has 0 radical (unpaired) electrons. The van der Waals surface area contributed by atoms with Gasteiger partial charge in [-0.3, -0.25) is 0 Å². The number of aromatic nitrogens is 2. The molecule has 0 aliphatic rings. The molecule has 0 atom stereocenters. The van der Waals surface area contributed by atoms with Crippen molar-refractivity contribution in [2.45, 2.75) is 6.92 Å². The predicted octanol–water partition coefficient (Wildman–Crippen LogP) is 2.15. The zero-order valence-corrected chi connectivity index (χ0v) is 9.68. The van der Waals surface area contributed by atoms with Crippen molar-refractivity contribution in [2.24, 2.45) is 7.05 Å². The third-order valence-corrected chi connectivity index (χ3v) is 2.55. The topological polar surface area (TPSA) is 27.1 Å². The van der Waals surface area contributed by atoms with Gasteiger partial charge >= 0.3 is 0 Å². The van der Waals surface area contributed by atoms with Crippen LogP contribution in [0.15, 0.2) is 6.58 Å². The van der Waals surface area contributed by atoms with Crippen molar-refractivity contribution < 1.29 is 4.74 Å². The second-order valence-corrected chi connectivity index (χ2v) is 3.39. The van der Waals surface area contributed by atoms with Crippen molar-refractivity contribution in [3.05, 3.63) is 17.8 Å². The van der Waals surface area contributed by atoms with Gasteiger partial charge in [-0.1, -0.05) is 22.5 Å². The lowest BCUT2D eigenvalue weighted by atomic mass is 10.1. The number of alkyl halides is 1. The van der Waals surface area contributed by atoms with Crippen LogP contribution in [0, 0.1) is 6.92 Å². The summed E-state index contributed by atoms with van der Waals surface area (Å²) in [5, 5.41) is 4.99. The monoisotopic (exact) mass is 244 g/mol. The largest absolute Gasteiger partial charge is 0.481 e. The van der Waals surface area contributed by atoms with E-state index in [0.717, 1.165) is 28.0 Å². The normalized spacial score (nSPS) is 10.2. The van der Waals surface area contributed by atoms with Gasteiger partial charge in [-0.2, -0.15) is 5.10 Å². The smallest absolute Gasteiger partial charge is 0.219 e. The van der Waals surface area contributed by atoms with Gasteiger partial charge in [0, 0.05) is 12.4 Å². The number of allylic oxidation sites excluding steroid dienone is 1. The molecule has 3 nitrogen and oxygen atoms in total. The Kier molecular flexibility index (Phi) is 3.14. The number of halogens is 1. The standard InChI is InChI=1S/C9H13BrN2O/c1-6(5-10)8-7(2)11-12(3)9(8)13-4/h1,5H2,2-4H3. The van der Waals surface area contributed by atoms with Crippen LogP contribution in [0.25, 0.3) is 5.57 Å². The highest BCUT2D eigenvalue weighted by Crippen LogP contribution is 2.28. The van der Waals surface area contributed by atoms with Crippen LogP contribution < -0.4 is 4.74 Å². The van der Waals surface area contributed by atoms with Crippen LogP contribution in [0.5, 0.6) is 5.88 Å². The van der Waals surface area contributed by atoms with Gasteiger partial charge in [0.2, 0.25) is 5.88 Å². The second-order valence-electron chi connectivity index (χ2n) is 2.83. The van der Waals surface area contributed by atoms with E-state index in [4.69, 9.17) is 4.74 Å². The maximum atomic E-state index is 5.24. The van der Waals surface area contributed by atoms with Crippen molar-refractivity contribution in [2.75, 3.05) is 12.4 Å². The fourth-order valence-electron chi connectivity index (χ4n) is 1.35. The summed E-state index contributed by atoms with van der Waals surface area (Å²) >= 11 is 3.37. The van der Waals surface area contributed by atoms with E-state index in [1.807, 2.05) is 14.0 Å². The van der Waals surface area contributed by atoms with E-state index in [-0.39, 0.29) is 0 Å². The molecule has 0 bridgehead atoms. The van der Waals surface area contributed by atoms with Gasteiger partial charge in [0.1, 0.15) is 0 Å². The van der Waals surface area contributed by atoms with E-state index >= 15 is 0 Å². The lowest BCUT2D eigenvalue weighted by Gasteiger charge is -2.04. The Balaban J connectivity index is 3.24. The van der Waals surface area contributed by atoms with Crippen molar-refractivity contribution >= 4 is 21.5 Å². The number of hydrogen-bond acceptors (Lipinski definition) is 2. The fourth-order valence-corrected chi connectivity index (χ4v) is 1.63. The average molecular weight is 245 g/mol. The second kappa shape index (κ2) is 3.96. The highest BCUT2D eigenvalue weighted by atomic mass is 79.9. The Morgan fingerprint density at radius 1 is 1.69 bits per heavy atom. The molecule has 1 aromatic heterocycles. The van der Waals surface area contributed by atoms with Gasteiger partial charge in [-0.25, -0.2) is 4.68 Å². The highest BCUT2D eigenvalue weighted by Gasteiger charge is 2.15. The van der Waals surface area contributed by atoms with E-state index < -0.39 is 0 Å². The van der Waals surface area contributed by atoms with E-state index in [0.29, 0.717) is 0 Å². The zero-order valence-electron chi connectivity index (χ0n) is 8.09. The lowest BCUT2D eigenvalue weighted by Crippen LogP contribution is -1.96. The molecule has 0 unspecified atom stereocenters. The molecule has 0 N–H and O–H groups in total. The number of rotatable bonds is 3. The first-order chi connectivity index (χ1) is 6.11. The minimum absolute atomic E-state index is 0.732. The molecule has 0 saturated carbocycles. The molecule has 72 valence electrons. The number of aryl methyl sites for hydroxylation is 2. The molecule has 0 spiro atoms. The Hall–Kier alpha value is -0.770. The van der Waals surface area contributed by atoms with Gasteiger partial charge in [0.05, 0.1) is 18.4 Å². The molecule has 13 heavy (non-hydrogen) atoms. The van der Waals surface area contributed by atoms with Crippen molar-refractivity contribution in [3.63, 3.8) is 0 Å². The molecular weight excluding hydrogens is 232 g/mol. The van der Waals surface area contributed by atoms with Crippen LogP contribution in [-0.2, 0) is 7.05 Å². The number of nitrogens with zero attached hydrogens (tertiary/aromatic N) is 2. The Labute approximate surface area is 86.5 Å². The van der Waals surface area contributed by atoms with Gasteiger partial charge < -0.3 is 4.74 Å². The Morgan fingerprint density at radius 2 is 2.31 bits per heavy atom. The number of methoxy groups -OCH3 is 1. The minimum Gasteiger partial charge on any atom is -0.481 e. The molecule has 0 aromatic carbocycles. The molecule has 1 heterocycles. The summed E-state index contributed by atoms with van der Waals surface area (Å²) in [5.74, 6) is 0.766. The molecule has 0 amide bonds. The number of ether oxygens (including phenoxy) is 1. The molecule has 0 saturated heterocycles. The van der Waals surface area contributed by atoms with Gasteiger partial charge in [-0.05, 0) is 12.5 Å². The lowest BCUT2D eigenvalue weighted by molar-refractivity contribution is 0.372. The van der Waals surface area contributed by atoms with Crippen LogP contribution >= 0.6 is 15.9 Å². The van der Waals surface area contributed by atoms with E-state index in [2.05, 4.69) is 27.6 Å². The highest BCUT2D eigenvalue weighted by molar-refractivity contribution is 9.09. The molecule has 4 heteroatoms. The van der Waals surface area contributed by atoms with E-state index in [9.17, 15) is 0 Å². The van der Waals surface area contributed by atoms with Gasteiger partial charge in [0.25, 0.3) is 0 Å². The number of hydrogen-bond donors (Lipinski definition) is 0. The summed E-state index contributed by atoms with van der Waals surface area (Å²) in [7, 11) is 3.50. The van der Waals surface area contributed by atoms with Crippen LogP contribution in [0.3, 0.4) is 0 Å². The summed E-state index contributed by atoms with van der Waals surface area (Å²) in [5.41, 5.74) is 2.94. The van der Waals surface area contributed by atoms with Gasteiger partial charge in [-0.15, -0.1) is 0 Å². The van der Waals surface area contributed by atoms with Gasteiger partial charge in [0.15, 0.2) is 0 Å². The van der Waals surface area contributed by atoms with E-state index in [1.165, 1.54) is 0 Å². The SMILES string of the molecule is C=C(CBr)c1c(C)nn(C)c1OC. The minimum atomic E-state index is 0.732. The molecule has 0 aliphatic heterocycles. The van der Waals surface area contributed by atoms with Crippen LogP contribution in [-0.4, -0.2) is 22.2 Å². The maximum Gasteiger partial charge on any atom is 0.219 e. The quantitative estimate of drug-likeness (QED) is 0.763. The molecule has 1 aromatic rings. The van der Waals surface area contributed by atoms with E-state index in [1.54, 1.807) is 11.8 Å². The third-order valence-electron chi connectivity index (χ3n) is 1.88. The van der Waals surface area contributed by atoms with Crippen molar-refractivity contribution in [1.29, 1.82) is 0 Å². The Bertz CT molecular complexity index is 331. The summed E-state index contributed by atoms with van der Waals surface area (Å²) in [6, 6.07) is 0. The maximum absolute atomic E-state index is 5.24. The third kappa shape index (κ3) is 1.77. The predicted molar refractivity (Wildman–Crippen MR) is 57.3 cm³/mol. The first-order valence-electron chi connectivity index (χ1n) is 3.93. The van der Waals surface area contributed by atoms with Crippen molar-refractivity contribution in [1.82, 2.24) is 9.78 Å². The molecule has 0 fully saturated rings. The molecular formula is C9H13BrN2O. The summed E-state index contributed by atoms with van der Waals surface area (Å²) < 4.78 is 6.96. The zero-order chi connectivity index (χ0) is 10.0. The Morgan fingerprint density at radius 3 is 2.77 bits per heavy atom. The average Bonchev–Trinajstić information content (AvgIpc) is 2.39.